The molecule has 0 bridgehead atoms. The van der Waals surface area contributed by atoms with Gasteiger partial charge in [0.15, 0.2) is 0 Å². The molecule has 4 rings (SSSR count). The molecule has 170 valence electrons. The van der Waals surface area contributed by atoms with Gasteiger partial charge in [-0.25, -0.2) is 17.9 Å². The molecule has 0 aliphatic carbocycles. The Morgan fingerprint density at radius 3 is 2.44 bits per heavy atom. The molecular weight excluding hydrogens is 449 g/mol. The third-order valence-corrected chi connectivity index (χ3v) is 7.05. The number of hydrogen-bond acceptors (Lipinski definition) is 6. The summed E-state index contributed by atoms with van der Waals surface area (Å²) in [6.45, 7) is 3.55. The molecule has 1 aromatic carbocycles. The molecule has 9 nitrogen and oxygen atoms in total. The lowest BCUT2D eigenvalue weighted by Gasteiger charge is -2.17. The summed E-state index contributed by atoms with van der Waals surface area (Å²) in [6, 6.07) is 6.40. The van der Waals surface area contributed by atoms with E-state index in [1.165, 1.54) is 4.31 Å². The number of nitrogens with one attached hydrogen (secondary N) is 1. The zero-order chi connectivity index (χ0) is 23.3. The van der Waals surface area contributed by atoms with E-state index in [1.807, 2.05) is 0 Å². The SMILES string of the molecule is Cc1nc2nc(C(F)(F)F)nn2c(C)c1CC(=O)Nc1ccc(N2CCCS2(=O)=O)cc1. The molecule has 0 atom stereocenters. The molecule has 0 saturated carbocycles. The van der Waals surface area contributed by atoms with Crippen LogP contribution in [0.3, 0.4) is 0 Å². The van der Waals surface area contributed by atoms with Crippen LogP contribution in [-0.4, -0.2) is 46.2 Å². The molecule has 32 heavy (non-hydrogen) atoms. The molecule has 1 saturated heterocycles. The van der Waals surface area contributed by atoms with Crippen molar-refractivity contribution in [3.63, 3.8) is 0 Å². The van der Waals surface area contributed by atoms with Gasteiger partial charge in [0.25, 0.3) is 11.6 Å². The smallest absolute Gasteiger partial charge is 0.326 e. The van der Waals surface area contributed by atoms with Gasteiger partial charge in [0.05, 0.1) is 17.9 Å². The molecular formula is C19H19F3N6O3S. The van der Waals surface area contributed by atoms with Crippen LogP contribution in [-0.2, 0) is 27.4 Å². The fourth-order valence-electron chi connectivity index (χ4n) is 3.59. The van der Waals surface area contributed by atoms with Crippen molar-refractivity contribution in [1.82, 2.24) is 19.6 Å². The Labute approximate surface area is 181 Å². The number of rotatable bonds is 4. The number of aromatic nitrogens is 4. The van der Waals surface area contributed by atoms with E-state index in [9.17, 15) is 26.4 Å². The number of alkyl halides is 3. The van der Waals surface area contributed by atoms with E-state index in [-0.39, 0.29) is 18.0 Å². The lowest BCUT2D eigenvalue weighted by molar-refractivity contribution is -0.144. The summed E-state index contributed by atoms with van der Waals surface area (Å²) in [5.41, 5.74) is 2.13. The Morgan fingerprint density at radius 2 is 1.84 bits per heavy atom. The van der Waals surface area contributed by atoms with Crippen LogP contribution in [0.25, 0.3) is 5.78 Å². The zero-order valence-electron chi connectivity index (χ0n) is 17.1. The van der Waals surface area contributed by atoms with Crippen molar-refractivity contribution in [2.75, 3.05) is 21.9 Å². The predicted octanol–water partition coefficient (Wildman–Crippen LogP) is 2.48. The number of amides is 1. The van der Waals surface area contributed by atoms with E-state index in [2.05, 4.69) is 20.4 Å². The number of sulfonamides is 1. The molecule has 3 aromatic rings. The number of anilines is 2. The monoisotopic (exact) mass is 468 g/mol. The van der Waals surface area contributed by atoms with Crippen LogP contribution in [0, 0.1) is 13.8 Å². The topological polar surface area (TPSA) is 110 Å². The molecule has 1 aliphatic heterocycles. The quantitative estimate of drug-likeness (QED) is 0.630. The number of carbonyl (C=O) groups excluding carboxylic acids is 1. The minimum absolute atomic E-state index is 0.110. The Kier molecular flexibility index (Phi) is 5.31. The lowest BCUT2D eigenvalue weighted by atomic mass is 10.1. The lowest BCUT2D eigenvalue weighted by Crippen LogP contribution is -2.25. The van der Waals surface area contributed by atoms with Gasteiger partial charge in [0.2, 0.25) is 15.9 Å². The fraction of sp³-hybridized carbons (Fsp3) is 0.368. The van der Waals surface area contributed by atoms with E-state index in [0.717, 1.165) is 4.52 Å². The number of carbonyl (C=O) groups is 1. The van der Waals surface area contributed by atoms with Gasteiger partial charge >= 0.3 is 6.18 Å². The van der Waals surface area contributed by atoms with Gasteiger partial charge in [-0.2, -0.15) is 18.2 Å². The van der Waals surface area contributed by atoms with Crippen molar-refractivity contribution < 1.29 is 26.4 Å². The highest BCUT2D eigenvalue weighted by atomic mass is 32.2. The van der Waals surface area contributed by atoms with E-state index in [0.29, 0.717) is 41.3 Å². The van der Waals surface area contributed by atoms with Crippen LogP contribution in [0.15, 0.2) is 24.3 Å². The van der Waals surface area contributed by atoms with Crippen LogP contribution in [0.2, 0.25) is 0 Å². The van der Waals surface area contributed by atoms with E-state index >= 15 is 0 Å². The first-order chi connectivity index (χ1) is 15.0. The maximum absolute atomic E-state index is 12.9. The Balaban J connectivity index is 1.51. The summed E-state index contributed by atoms with van der Waals surface area (Å²) in [6.07, 6.45) is -4.27. The van der Waals surface area contributed by atoms with Crippen LogP contribution in [0.1, 0.15) is 29.2 Å². The summed E-state index contributed by atoms with van der Waals surface area (Å²) in [4.78, 5) is 20.0. The standard InChI is InChI=1S/C19H19F3N6O3S/c1-11-15(12(2)28-18(23-11)25-17(26-28)19(20,21)22)10-16(29)24-13-4-6-14(7-5-13)27-8-3-9-32(27,30)31/h4-7H,3,8-10H2,1-2H3,(H,24,29). The number of nitrogens with zero attached hydrogens (tertiary/aromatic N) is 5. The van der Waals surface area contributed by atoms with Crippen LogP contribution >= 0.6 is 0 Å². The third kappa shape index (κ3) is 4.11. The van der Waals surface area contributed by atoms with E-state index in [4.69, 9.17) is 0 Å². The number of halogens is 3. The zero-order valence-corrected chi connectivity index (χ0v) is 18.0. The second-order valence-corrected chi connectivity index (χ2v) is 9.43. The van der Waals surface area contributed by atoms with Crippen molar-refractivity contribution in [2.45, 2.75) is 32.9 Å². The van der Waals surface area contributed by atoms with Crippen molar-refractivity contribution in [3.8, 4) is 0 Å². The van der Waals surface area contributed by atoms with Crippen LogP contribution < -0.4 is 9.62 Å². The molecule has 0 spiro atoms. The number of aryl methyl sites for hydroxylation is 2. The molecule has 1 amide bonds. The van der Waals surface area contributed by atoms with Gasteiger partial charge in [-0.3, -0.25) is 9.10 Å². The highest BCUT2D eigenvalue weighted by molar-refractivity contribution is 7.93. The Bertz CT molecular complexity index is 1300. The first kappa shape index (κ1) is 22.0. The van der Waals surface area contributed by atoms with Crippen molar-refractivity contribution in [1.29, 1.82) is 0 Å². The molecule has 1 N–H and O–H groups in total. The van der Waals surface area contributed by atoms with Gasteiger partial charge in [0, 0.05) is 29.2 Å². The summed E-state index contributed by atoms with van der Waals surface area (Å²) >= 11 is 0. The normalized spacial score (nSPS) is 16.0. The minimum atomic E-state index is -4.70. The first-order valence-corrected chi connectivity index (χ1v) is 11.3. The summed E-state index contributed by atoms with van der Waals surface area (Å²) < 4.78 is 65.1. The average Bonchev–Trinajstić information content (AvgIpc) is 3.28. The summed E-state index contributed by atoms with van der Waals surface area (Å²) in [5, 5.41) is 6.17. The van der Waals surface area contributed by atoms with Crippen molar-refractivity contribution in [3.05, 3.63) is 47.0 Å². The van der Waals surface area contributed by atoms with Gasteiger partial charge in [-0.15, -0.1) is 5.10 Å². The van der Waals surface area contributed by atoms with Gasteiger partial charge in [0.1, 0.15) is 0 Å². The van der Waals surface area contributed by atoms with Crippen molar-refractivity contribution in [2.24, 2.45) is 0 Å². The maximum Gasteiger partial charge on any atom is 0.453 e. The highest BCUT2D eigenvalue weighted by Crippen LogP contribution is 2.28. The molecule has 1 fully saturated rings. The third-order valence-electron chi connectivity index (χ3n) is 5.18. The van der Waals surface area contributed by atoms with E-state index < -0.39 is 27.9 Å². The summed E-state index contributed by atoms with van der Waals surface area (Å²) in [7, 11) is -3.30. The van der Waals surface area contributed by atoms with Gasteiger partial charge < -0.3 is 5.32 Å². The number of hydrogen-bond donors (Lipinski definition) is 1. The Hall–Kier alpha value is -3.22. The average molecular weight is 468 g/mol. The Morgan fingerprint density at radius 1 is 1.16 bits per heavy atom. The second kappa shape index (κ2) is 7.73. The predicted molar refractivity (Wildman–Crippen MR) is 110 cm³/mol. The molecule has 0 radical (unpaired) electrons. The van der Waals surface area contributed by atoms with Crippen LogP contribution in [0.5, 0.6) is 0 Å². The van der Waals surface area contributed by atoms with E-state index in [1.54, 1.807) is 38.1 Å². The molecule has 13 heteroatoms. The molecule has 3 heterocycles. The number of fused-ring (bicyclic) bond motifs is 1. The summed E-state index contributed by atoms with van der Waals surface area (Å²) in [5.74, 6) is -1.79. The van der Waals surface area contributed by atoms with Crippen molar-refractivity contribution >= 4 is 33.1 Å². The first-order valence-electron chi connectivity index (χ1n) is 9.66. The fourth-order valence-corrected chi connectivity index (χ4v) is 5.16. The highest BCUT2D eigenvalue weighted by Gasteiger charge is 2.37. The maximum atomic E-state index is 12.9. The molecule has 1 aliphatic rings. The largest absolute Gasteiger partial charge is 0.453 e. The van der Waals surface area contributed by atoms with Gasteiger partial charge in [-0.1, -0.05) is 0 Å². The van der Waals surface area contributed by atoms with Crippen LogP contribution in [0.4, 0.5) is 24.5 Å². The molecule has 0 unspecified atom stereocenters. The number of benzene rings is 1. The minimum Gasteiger partial charge on any atom is -0.326 e. The van der Waals surface area contributed by atoms with Gasteiger partial charge in [-0.05, 0) is 44.5 Å². The second-order valence-electron chi connectivity index (χ2n) is 7.42. The molecule has 2 aromatic heterocycles.